The fourth-order valence-electron chi connectivity index (χ4n) is 1.94. The molecule has 94 valence electrons. The molecule has 0 spiro atoms. The van der Waals surface area contributed by atoms with E-state index in [0.29, 0.717) is 0 Å². The summed E-state index contributed by atoms with van der Waals surface area (Å²) in [5.41, 5.74) is 2.74. The van der Waals surface area contributed by atoms with E-state index >= 15 is 0 Å². The van der Waals surface area contributed by atoms with E-state index in [2.05, 4.69) is 47.8 Å². The molecular formula is C16H20NO+. The van der Waals surface area contributed by atoms with Gasteiger partial charge in [0.25, 0.3) is 0 Å². The molecule has 0 aromatic heterocycles. The van der Waals surface area contributed by atoms with Gasteiger partial charge in [0.1, 0.15) is 12.3 Å². The number of ether oxygens (including phenoxy) is 1. The van der Waals surface area contributed by atoms with E-state index < -0.39 is 0 Å². The smallest absolute Gasteiger partial charge is 0.118 e. The third-order valence-corrected chi connectivity index (χ3v) is 3.02. The molecular weight excluding hydrogens is 222 g/mol. The lowest BCUT2D eigenvalue weighted by atomic mass is 10.1. The summed E-state index contributed by atoms with van der Waals surface area (Å²) in [5.74, 6) is 0.919. The maximum absolute atomic E-state index is 5.14. The van der Waals surface area contributed by atoms with Crippen molar-refractivity contribution < 1.29 is 10.1 Å². The summed E-state index contributed by atoms with van der Waals surface area (Å²) in [7, 11) is 1.70. The predicted molar refractivity (Wildman–Crippen MR) is 73.6 cm³/mol. The quantitative estimate of drug-likeness (QED) is 0.770. The van der Waals surface area contributed by atoms with Crippen molar-refractivity contribution in [3.63, 3.8) is 0 Å². The number of hydrogen-bond donors (Lipinski definition) is 1. The molecule has 0 saturated carbocycles. The molecule has 0 fully saturated rings. The first-order valence-corrected chi connectivity index (χ1v) is 6.37. The van der Waals surface area contributed by atoms with Crippen LogP contribution in [0.5, 0.6) is 5.75 Å². The van der Waals surface area contributed by atoms with Crippen LogP contribution in [0.1, 0.15) is 11.1 Å². The maximum Gasteiger partial charge on any atom is 0.118 e. The Kier molecular flexibility index (Phi) is 4.79. The molecule has 2 aromatic carbocycles. The first-order chi connectivity index (χ1) is 8.88. The van der Waals surface area contributed by atoms with Crippen LogP contribution in [0.3, 0.4) is 0 Å². The van der Waals surface area contributed by atoms with Gasteiger partial charge in [0.15, 0.2) is 0 Å². The Morgan fingerprint density at radius 1 is 0.889 bits per heavy atom. The molecule has 0 aliphatic rings. The summed E-state index contributed by atoms with van der Waals surface area (Å²) < 4.78 is 5.14. The van der Waals surface area contributed by atoms with Crippen molar-refractivity contribution in [3.8, 4) is 5.75 Å². The van der Waals surface area contributed by atoms with Crippen molar-refractivity contribution in [3.05, 3.63) is 65.7 Å². The number of methoxy groups -OCH3 is 1. The lowest BCUT2D eigenvalue weighted by molar-refractivity contribution is -0.670. The van der Waals surface area contributed by atoms with E-state index in [0.717, 1.165) is 25.3 Å². The lowest BCUT2D eigenvalue weighted by Crippen LogP contribution is -2.83. The summed E-state index contributed by atoms with van der Waals surface area (Å²) in [6.07, 6.45) is 1.12. The molecule has 0 unspecified atom stereocenters. The highest BCUT2D eigenvalue weighted by Crippen LogP contribution is 2.10. The SMILES string of the molecule is COc1ccc(C[NH2+]CCc2ccccc2)cc1. The van der Waals surface area contributed by atoms with Crippen molar-refractivity contribution >= 4 is 0 Å². The van der Waals surface area contributed by atoms with Gasteiger partial charge in [-0.2, -0.15) is 0 Å². The molecule has 0 bridgehead atoms. The highest BCUT2D eigenvalue weighted by molar-refractivity contribution is 5.26. The molecule has 0 atom stereocenters. The van der Waals surface area contributed by atoms with E-state index in [1.807, 2.05) is 12.1 Å². The number of rotatable bonds is 6. The Morgan fingerprint density at radius 2 is 1.61 bits per heavy atom. The molecule has 18 heavy (non-hydrogen) atoms. The van der Waals surface area contributed by atoms with Gasteiger partial charge in [0.05, 0.1) is 13.7 Å². The minimum Gasteiger partial charge on any atom is -0.497 e. The number of hydrogen-bond acceptors (Lipinski definition) is 1. The average molecular weight is 242 g/mol. The molecule has 2 N–H and O–H groups in total. The number of nitrogens with two attached hydrogens (primary N) is 1. The largest absolute Gasteiger partial charge is 0.497 e. The zero-order chi connectivity index (χ0) is 12.6. The second-order valence-corrected chi connectivity index (χ2v) is 4.37. The fraction of sp³-hybridized carbons (Fsp3) is 0.250. The molecule has 2 heteroatoms. The summed E-state index contributed by atoms with van der Waals surface area (Å²) in [6, 6.07) is 18.9. The van der Waals surface area contributed by atoms with Crippen molar-refractivity contribution in [1.82, 2.24) is 0 Å². The first-order valence-electron chi connectivity index (χ1n) is 6.37. The van der Waals surface area contributed by atoms with Crippen LogP contribution < -0.4 is 10.1 Å². The van der Waals surface area contributed by atoms with Crippen LogP contribution in [-0.2, 0) is 13.0 Å². The normalized spacial score (nSPS) is 10.3. The van der Waals surface area contributed by atoms with Gasteiger partial charge in [-0.15, -0.1) is 0 Å². The summed E-state index contributed by atoms with van der Waals surface area (Å²) in [4.78, 5) is 0. The van der Waals surface area contributed by atoms with Crippen molar-refractivity contribution in [2.75, 3.05) is 13.7 Å². The number of quaternary nitrogens is 1. The second-order valence-electron chi connectivity index (χ2n) is 4.37. The predicted octanol–water partition coefficient (Wildman–Crippen LogP) is 2.00. The van der Waals surface area contributed by atoms with Crippen LogP contribution in [0.4, 0.5) is 0 Å². The van der Waals surface area contributed by atoms with Crippen molar-refractivity contribution in [2.45, 2.75) is 13.0 Å². The van der Waals surface area contributed by atoms with Gasteiger partial charge in [-0.05, 0) is 29.8 Å². The Balaban J connectivity index is 1.72. The molecule has 0 heterocycles. The molecule has 2 rings (SSSR count). The topological polar surface area (TPSA) is 25.8 Å². The molecule has 0 aliphatic carbocycles. The lowest BCUT2D eigenvalue weighted by Gasteiger charge is -2.04. The van der Waals surface area contributed by atoms with Gasteiger partial charge in [-0.3, -0.25) is 0 Å². The van der Waals surface area contributed by atoms with Crippen molar-refractivity contribution in [1.29, 1.82) is 0 Å². The molecule has 2 aromatic rings. The minimum atomic E-state index is 0.919. The molecule has 2 nitrogen and oxygen atoms in total. The van der Waals surface area contributed by atoms with Crippen LogP contribution >= 0.6 is 0 Å². The maximum atomic E-state index is 5.14. The van der Waals surface area contributed by atoms with Crippen molar-refractivity contribution in [2.24, 2.45) is 0 Å². The summed E-state index contributed by atoms with van der Waals surface area (Å²) in [5, 5.41) is 2.34. The third kappa shape index (κ3) is 3.90. The van der Waals surface area contributed by atoms with Crippen LogP contribution in [-0.4, -0.2) is 13.7 Å². The fourth-order valence-corrected chi connectivity index (χ4v) is 1.94. The zero-order valence-corrected chi connectivity index (χ0v) is 10.8. The van der Waals surface area contributed by atoms with Gasteiger partial charge < -0.3 is 10.1 Å². The summed E-state index contributed by atoms with van der Waals surface area (Å²) in [6.45, 7) is 2.15. The molecule has 0 amide bonds. The Labute approximate surface area is 109 Å². The van der Waals surface area contributed by atoms with Crippen LogP contribution in [0, 0.1) is 0 Å². The molecule has 0 aliphatic heterocycles. The molecule has 0 saturated heterocycles. The highest BCUT2D eigenvalue weighted by atomic mass is 16.5. The van der Waals surface area contributed by atoms with Gasteiger partial charge in [0, 0.05) is 12.0 Å². The standard InChI is InChI=1S/C16H19NO/c1-18-16-9-7-15(8-10-16)13-17-12-11-14-5-3-2-4-6-14/h2-10,17H,11-13H2,1H3/p+1. The van der Waals surface area contributed by atoms with Crippen LogP contribution in [0.15, 0.2) is 54.6 Å². The Morgan fingerprint density at radius 3 is 2.28 bits per heavy atom. The Bertz CT molecular complexity index is 450. The van der Waals surface area contributed by atoms with E-state index in [4.69, 9.17) is 4.74 Å². The average Bonchev–Trinajstić information content (AvgIpc) is 2.45. The van der Waals surface area contributed by atoms with E-state index in [-0.39, 0.29) is 0 Å². The van der Waals surface area contributed by atoms with Crippen LogP contribution in [0.25, 0.3) is 0 Å². The van der Waals surface area contributed by atoms with Gasteiger partial charge in [-0.25, -0.2) is 0 Å². The summed E-state index contributed by atoms with van der Waals surface area (Å²) >= 11 is 0. The molecule has 0 radical (unpaired) electrons. The van der Waals surface area contributed by atoms with E-state index in [1.165, 1.54) is 11.1 Å². The first kappa shape index (κ1) is 12.7. The minimum absolute atomic E-state index is 0.919. The third-order valence-electron chi connectivity index (χ3n) is 3.02. The van der Waals surface area contributed by atoms with E-state index in [1.54, 1.807) is 7.11 Å². The van der Waals surface area contributed by atoms with Gasteiger partial charge >= 0.3 is 0 Å². The number of benzene rings is 2. The second kappa shape index (κ2) is 6.82. The van der Waals surface area contributed by atoms with Crippen LogP contribution in [0.2, 0.25) is 0 Å². The van der Waals surface area contributed by atoms with E-state index in [9.17, 15) is 0 Å². The van der Waals surface area contributed by atoms with Gasteiger partial charge in [-0.1, -0.05) is 30.3 Å². The zero-order valence-electron chi connectivity index (χ0n) is 10.8. The highest BCUT2D eigenvalue weighted by Gasteiger charge is 1.97. The van der Waals surface area contributed by atoms with Gasteiger partial charge in [0.2, 0.25) is 0 Å². The Hall–Kier alpha value is -1.80. The monoisotopic (exact) mass is 242 g/mol.